The van der Waals surface area contributed by atoms with Crippen LogP contribution in [0, 0.1) is 29.6 Å². The van der Waals surface area contributed by atoms with Gasteiger partial charge in [-0.2, -0.15) is 0 Å². The van der Waals surface area contributed by atoms with E-state index in [0.717, 1.165) is 83.0 Å². The first-order valence-electron chi connectivity index (χ1n) is 15.5. The zero-order chi connectivity index (χ0) is 24.7. The van der Waals surface area contributed by atoms with Crippen LogP contribution in [0.15, 0.2) is 0 Å². The molecule has 1 amide bonds. The molecule has 5 atom stereocenters. The van der Waals surface area contributed by atoms with Gasteiger partial charge < -0.3 is 21.1 Å². The largest absolute Gasteiger partial charge is 0.381 e. The Bertz CT molecular complexity index is 679. The van der Waals surface area contributed by atoms with Gasteiger partial charge in [-0.05, 0) is 107 Å². The quantitative estimate of drug-likeness (QED) is 0.362. The monoisotopic (exact) mass is 503 g/mol. The van der Waals surface area contributed by atoms with Gasteiger partial charge in [0.05, 0.1) is 0 Å². The van der Waals surface area contributed by atoms with Crippen LogP contribution in [-0.2, 0) is 9.53 Å². The highest BCUT2D eigenvalue weighted by molar-refractivity contribution is 5.79. The van der Waals surface area contributed by atoms with Gasteiger partial charge in [0.25, 0.3) is 0 Å². The standard InChI is InChI=1S/C29H53N5O2/c30-12-13-31-18-21-4-6-23(7-5-21)24-8-9-27-28(17-24)34(20-32-27)19-22-2-1-3-25(16-22)29(35)33-26-10-14-36-15-11-26/h21-28,31-32H,1-20,30H2,(H,33,35). The lowest BCUT2D eigenvalue weighted by atomic mass is 9.69. The predicted molar refractivity (Wildman–Crippen MR) is 144 cm³/mol. The molecular weight excluding hydrogens is 450 g/mol. The predicted octanol–water partition coefficient (Wildman–Crippen LogP) is 2.84. The summed E-state index contributed by atoms with van der Waals surface area (Å²) in [6, 6.07) is 1.73. The highest BCUT2D eigenvalue weighted by Crippen LogP contribution is 2.42. The van der Waals surface area contributed by atoms with Crippen molar-refractivity contribution in [2.75, 3.05) is 46.1 Å². The zero-order valence-corrected chi connectivity index (χ0v) is 22.6. The maximum atomic E-state index is 13.0. The van der Waals surface area contributed by atoms with Gasteiger partial charge in [-0.3, -0.25) is 15.0 Å². The third kappa shape index (κ3) is 7.02. The lowest BCUT2D eigenvalue weighted by Gasteiger charge is -2.42. The van der Waals surface area contributed by atoms with Crippen LogP contribution in [0.1, 0.15) is 83.5 Å². The summed E-state index contributed by atoms with van der Waals surface area (Å²) in [6.45, 7) is 6.67. The Balaban J connectivity index is 1.07. The summed E-state index contributed by atoms with van der Waals surface area (Å²) in [5, 5.41) is 10.7. The molecule has 0 aromatic carbocycles. The second kappa shape index (κ2) is 13.4. The molecule has 0 aromatic heterocycles. The number of hydrogen-bond donors (Lipinski definition) is 4. The van der Waals surface area contributed by atoms with Crippen LogP contribution in [0.4, 0.5) is 0 Å². The van der Waals surface area contributed by atoms with Crippen LogP contribution in [0.2, 0.25) is 0 Å². The van der Waals surface area contributed by atoms with E-state index in [1.165, 1.54) is 64.3 Å². The van der Waals surface area contributed by atoms with Crippen LogP contribution in [0.5, 0.6) is 0 Å². The van der Waals surface area contributed by atoms with Crippen molar-refractivity contribution in [2.45, 2.75) is 102 Å². The molecule has 5 fully saturated rings. The maximum Gasteiger partial charge on any atom is 0.223 e. The smallest absolute Gasteiger partial charge is 0.223 e. The van der Waals surface area contributed by atoms with Gasteiger partial charge in [0.2, 0.25) is 5.91 Å². The number of nitrogens with one attached hydrogen (secondary N) is 3. The Morgan fingerprint density at radius 3 is 2.53 bits per heavy atom. The van der Waals surface area contributed by atoms with E-state index in [1.807, 2.05) is 0 Å². The molecule has 36 heavy (non-hydrogen) atoms. The third-order valence-electron chi connectivity index (χ3n) is 10.4. The molecule has 2 saturated heterocycles. The van der Waals surface area contributed by atoms with Gasteiger partial charge in [-0.1, -0.05) is 6.42 Å². The molecule has 3 saturated carbocycles. The van der Waals surface area contributed by atoms with E-state index in [1.54, 1.807) is 0 Å². The third-order valence-corrected chi connectivity index (χ3v) is 10.4. The SMILES string of the molecule is NCCNCC1CCC(C2CCC3NCN(CC4CCCC(C(=O)NC5CCOCC5)C4)C3C2)CC1. The molecule has 2 aliphatic heterocycles. The van der Waals surface area contributed by atoms with Gasteiger partial charge >= 0.3 is 0 Å². The number of ether oxygens (including phenoxy) is 1. The molecule has 0 aromatic rings. The number of nitrogens with zero attached hydrogens (tertiary/aromatic N) is 1. The van der Waals surface area contributed by atoms with Crippen molar-refractivity contribution in [2.24, 2.45) is 35.3 Å². The molecule has 7 heteroatoms. The molecule has 0 radical (unpaired) electrons. The molecule has 5 N–H and O–H groups in total. The molecule has 0 bridgehead atoms. The number of fused-ring (bicyclic) bond motifs is 1. The van der Waals surface area contributed by atoms with E-state index in [-0.39, 0.29) is 5.92 Å². The highest BCUT2D eigenvalue weighted by atomic mass is 16.5. The normalized spacial score (nSPS) is 38.5. The van der Waals surface area contributed by atoms with Crippen molar-refractivity contribution in [1.82, 2.24) is 20.9 Å². The molecule has 5 unspecified atom stereocenters. The van der Waals surface area contributed by atoms with Gasteiger partial charge in [0.15, 0.2) is 0 Å². The van der Waals surface area contributed by atoms with E-state index < -0.39 is 0 Å². The van der Waals surface area contributed by atoms with E-state index in [9.17, 15) is 4.79 Å². The first kappa shape index (κ1) is 26.9. The summed E-state index contributed by atoms with van der Waals surface area (Å²) in [5.41, 5.74) is 5.64. The summed E-state index contributed by atoms with van der Waals surface area (Å²) in [6.07, 6.45) is 16.4. The van der Waals surface area contributed by atoms with Crippen molar-refractivity contribution in [1.29, 1.82) is 0 Å². The Kier molecular flexibility index (Phi) is 9.97. The molecule has 2 heterocycles. The van der Waals surface area contributed by atoms with Crippen molar-refractivity contribution in [3.8, 4) is 0 Å². The summed E-state index contributed by atoms with van der Waals surface area (Å²) in [7, 11) is 0. The lowest BCUT2D eigenvalue weighted by Crippen LogP contribution is -2.46. The van der Waals surface area contributed by atoms with Crippen LogP contribution >= 0.6 is 0 Å². The number of amides is 1. The van der Waals surface area contributed by atoms with Crippen molar-refractivity contribution < 1.29 is 9.53 Å². The Labute approximate surface area is 219 Å². The average Bonchev–Trinajstić information content (AvgIpc) is 3.32. The highest BCUT2D eigenvalue weighted by Gasteiger charge is 2.42. The van der Waals surface area contributed by atoms with Crippen LogP contribution < -0.4 is 21.7 Å². The minimum Gasteiger partial charge on any atom is -0.381 e. The van der Waals surface area contributed by atoms with Crippen molar-refractivity contribution in [3.05, 3.63) is 0 Å². The Hall–Kier alpha value is -0.730. The van der Waals surface area contributed by atoms with Gasteiger partial charge in [-0.25, -0.2) is 0 Å². The second-order valence-electron chi connectivity index (χ2n) is 12.8. The number of carbonyl (C=O) groups is 1. The minimum atomic E-state index is 0.214. The van der Waals surface area contributed by atoms with Gasteiger partial charge in [0, 0.05) is 63.6 Å². The molecule has 0 spiro atoms. The van der Waals surface area contributed by atoms with E-state index in [2.05, 4.69) is 20.9 Å². The topological polar surface area (TPSA) is 91.7 Å². The molecular formula is C29H53N5O2. The van der Waals surface area contributed by atoms with Crippen LogP contribution in [0.25, 0.3) is 0 Å². The number of hydrogen-bond acceptors (Lipinski definition) is 6. The number of rotatable bonds is 9. The van der Waals surface area contributed by atoms with Crippen LogP contribution in [-0.4, -0.2) is 75.0 Å². The first-order valence-corrected chi connectivity index (χ1v) is 15.5. The van der Waals surface area contributed by atoms with Crippen molar-refractivity contribution in [3.63, 3.8) is 0 Å². The second-order valence-corrected chi connectivity index (χ2v) is 12.8. The fourth-order valence-electron chi connectivity index (χ4n) is 8.26. The summed E-state index contributed by atoms with van der Waals surface area (Å²) in [4.78, 5) is 15.8. The van der Waals surface area contributed by atoms with Gasteiger partial charge in [0.1, 0.15) is 0 Å². The first-order chi connectivity index (χ1) is 17.7. The average molecular weight is 504 g/mol. The molecule has 5 aliphatic rings. The summed E-state index contributed by atoms with van der Waals surface area (Å²) >= 11 is 0. The van der Waals surface area contributed by atoms with E-state index in [0.29, 0.717) is 30.0 Å². The lowest BCUT2D eigenvalue weighted by molar-refractivity contribution is -0.127. The van der Waals surface area contributed by atoms with E-state index >= 15 is 0 Å². The fourth-order valence-corrected chi connectivity index (χ4v) is 8.26. The van der Waals surface area contributed by atoms with Crippen molar-refractivity contribution >= 4 is 5.91 Å². The summed E-state index contributed by atoms with van der Waals surface area (Å²) in [5.74, 6) is 3.91. The number of carbonyl (C=O) groups excluding carboxylic acids is 1. The Morgan fingerprint density at radius 2 is 1.72 bits per heavy atom. The molecule has 3 aliphatic carbocycles. The minimum absolute atomic E-state index is 0.214. The molecule has 206 valence electrons. The maximum absolute atomic E-state index is 13.0. The van der Waals surface area contributed by atoms with Gasteiger partial charge in [-0.15, -0.1) is 0 Å². The summed E-state index contributed by atoms with van der Waals surface area (Å²) < 4.78 is 5.46. The fraction of sp³-hybridized carbons (Fsp3) is 0.966. The zero-order valence-electron chi connectivity index (χ0n) is 22.6. The molecule has 7 nitrogen and oxygen atoms in total. The Morgan fingerprint density at radius 1 is 0.917 bits per heavy atom. The number of nitrogens with two attached hydrogens (primary N) is 1. The molecule has 5 rings (SSSR count). The van der Waals surface area contributed by atoms with Crippen LogP contribution in [0.3, 0.4) is 0 Å². The van der Waals surface area contributed by atoms with E-state index in [4.69, 9.17) is 10.5 Å².